The van der Waals surface area contributed by atoms with Gasteiger partial charge in [0, 0.05) is 50.0 Å². The lowest BCUT2D eigenvalue weighted by atomic mass is 10.1. The van der Waals surface area contributed by atoms with Crippen LogP contribution < -0.4 is 21.9 Å². The van der Waals surface area contributed by atoms with E-state index in [2.05, 4.69) is 4.90 Å². The van der Waals surface area contributed by atoms with Gasteiger partial charge in [0.2, 0.25) is 0 Å². The van der Waals surface area contributed by atoms with Crippen LogP contribution >= 0.6 is 0 Å². The molecule has 1 aliphatic heterocycles. The summed E-state index contributed by atoms with van der Waals surface area (Å²) in [5.74, 6) is -1.77. The number of hydrogen-bond acceptors (Lipinski definition) is 5. The van der Waals surface area contributed by atoms with Crippen molar-refractivity contribution >= 4 is 5.69 Å². The predicted molar refractivity (Wildman–Crippen MR) is 157 cm³/mol. The number of benzene rings is 3. The van der Waals surface area contributed by atoms with Crippen LogP contribution in [0, 0.1) is 24.4 Å². The highest BCUT2D eigenvalue weighted by atomic mass is 19.1. The molecule has 10 heteroatoms. The van der Waals surface area contributed by atoms with Crippen molar-refractivity contribution in [1.82, 2.24) is 14.0 Å². The minimum Gasteiger partial charge on any atom is -0.363 e. The van der Waals surface area contributed by atoms with Crippen molar-refractivity contribution in [2.75, 3.05) is 37.6 Å². The van der Waals surface area contributed by atoms with Gasteiger partial charge in [-0.3, -0.25) is 18.8 Å². The first-order valence-corrected chi connectivity index (χ1v) is 14.0. The molecule has 7 nitrogen and oxygen atoms in total. The summed E-state index contributed by atoms with van der Waals surface area (Å²) < 4.78 is 45.7. The molecular weight excluding hydrogens is 543 g/mol. The van der Waals surface area contributed by atoms with E-state index in [1.54, 1.807) is 19.1 Å². The molecule has 1 aromatic heterocycles. The van der Waals surface area contributed by atoms with E-state index in [-0.39, 0.29) is 24.5 Å². The Morgan fingerprint density at radius 2 is 1.40 bits per heavy atom. The average molecular weight is 578 g/mol. The molecule has 1 saturated heterocycles. The van der Waals surface area contributed by atoms with E-state index in [0.29, 0.717) is 56.1 Å². The van der Waals surface area contributed by atoms with Crippen LogP contribution in [0.25, 0.3) is 0 Å². The molecule has 4 aromatic rings. The number of aromatic nitrogens is 2. The molecular formula is C32H34F3N5O2. The molecule has 2 heterocycles. The Morgan fingerprint density at radius 1 is 0.786 bits per heavy atom. The number of nitrogens with zero attached hydrogens (tertiary/aromatic N) is 4. The minimum absolute atomic E-state index is 0.0999. The Morgan fingerprint density at radius 3 is 2.07 bits per heavy atom. The summed E-state index contributed by atoms with van der Waals surface area (Å²) in [6.45, 7) is 4.04. The van der Waals surface area contributed by atoms with E-state index in [4.69, 9.17) is 5.73 Å². The normalized spacial score (nSPS) is 14.7. The molecule has 1 atom stereocenters. The van der Waals surface area contributed by atoms with Gasteiger partial charge in [0.25, 0.3) is 5.56 Å². The van der Waals surface area contributed by atoms with Crippen molar-refractivity contribution in [2.45, 2.75) is 32.5 Å². The SMILES string of the molecule is Cc1c(N2CCN(CCc3ccccc3F)CC2)c(=O)n(C[C@H](N)c2ccccc2)c(=O)n1Cc1c(F)cccc1F. The molecule has 0 unspecified atom stereocenters. The zero-order valence-electron chi connectivity index (χ0n) is 23.5. The minimum atomic E-state index is -0.773. The maximum atomic E-state index is 14.6. The van der Waals surface area contributed by atoms with Gasteiger partial charge in [-0.2, -0.15) is 0 Å². The standard InChI is InChI=1S/C32H34F3N5O2/c1-22-30(38-18-16-37(17-19-38)15-14-23-8-5-6-11-26(23)33)31(41)40(21-29(36)24-9-3-2-4-10-24)32(42)39(22)20-25-27(34)12-7-13-28(25)35/h2-13,29H,14-21,36H2,1H3/t29-/m0/s1. The lowest BCUT2D eigenvalue weighted by molar-refractivity contribution is 0.259. The molecule has 0 spiro atoms. The highest BCUT2D eigenvalue weighted by Crippen LogP contribution is 2.20. The van der Waals surface area contributed by atoms with Crippen LogP contribution in [0.1, 0.15) is 28.4 Å². The van der Waals surface area contributed by atoms with Crippen molar-refractivity contribution in [1.29, 1.82) is 0 Å². The summed E-state index contributed by atoms with van der Waals surface area (Å²) in [6.07, 6.45) is 0.564. The average Bonchev–Trinajstić information content (AvgIpc) is 2.99. The molecule has 1 aliphatic rings. The van der Waals surface area contributed by atoms with Crippen molar-refractivity contribution in [3.05, 3.63) is 133 Å². The smallest absolute Gasteiger partial charge is 0.331 e. The van der Waals surface area contributed by atoms with E-state index in [9.17, 15) is 22.8 Å². The molecule has 0 saturated carbocycles. The van der Waals surface area contributed by atoms with Gasteiger partial charge in [0.1, 0.15) is 23.1 Å². The third-order valence-corrected chi connectivity index (χ3v) is 7.99. The molecule has 0 aliphatic carbocycles. The van der Waals surface area contributed by atoms with Crippen LogP contribution in [0.2, 0.25) is 0 Å². The quantitative estimate of drug-likeness (QED) is 0.327. The van der Waals surface area contributed by atoms with Crippen molar-refractivity contribution in [2.24, 2.45) is 5.73 Å². The zero-order valence-corrected chi connectivity index (χ0v) is 23.5. The van der Waals surface area contributed by atoms with Crippen LogP contribution in [-0.2, 0) is 19.5 Å². The maximum absolute atomic E-state index is 14.6. The van der Waals surface area contributed by atoms with Gasteiger partial charge in [-0.05, 0) is 42.7 Å². The summed E-state index contributed by atoms with van der Waals surface area (Å²) in [5, 5.41) is 0. The Balaban J connectivity index is 1.46. The lowest BCUT2D eigenvalue weighted by Gasteiger charge is -2.37. The Hall–Kier alpha value is -4.15. The number of nitrogens with two attached hydrogens (primary N) is 1. The zero-order chi connectivity index (χ0) is 29.8. The van der Waals surface area contributed by atoms with Gasteiger partial charge in [-0.15, -0.1) is 0 Å². The summed E-state index contributed by atoms with van der Waals surface area (Å²) in [4.78, 5) is 31.7. The second-order valence-electron chi connectivity index (χ2n) is 10.6. The molecule has 0 radical (unpaired) electrons. The topological polar surface area (TPSA) is 76.5 Å². The van der Waals surface area contributed by atoms with E-state index in [1.807, 2.05) is 41.3 Å². The Bertz CT molecular complexity index is 1640. The second kappa shape index (κ2) is 12.8. The van der Waals surface area contributed by atoms with E-state index in [0.717, 1.165) is 22.3 Å². The van der Waals surface area contributed by atoms with Crippen molar-refractivity contribution in [3.8, 4) is 0 Å². The van der Waals surface area contributed by atoms with Gasteiger partial charge in [0.05, 0.1) is 13.1 Å². The number of hydrogen-bond donors (Lipinski definition) is 1. The van der Waals surface area contributed by atoms with Crippen LogP contribution in [-0.4, -0.2) is 46.8 Å². The number of halogens is 3. The monoisotopic (exact) mass is 577 g/mol. The molecule has 42 heavy (non-hydrogen) atoms. The fourth-order valence-corrected chi connectivity index (χ4v) is 5.52. The molecule has 0 bridgehead atoms. The Labute approximate surface area is 242 Å². The van der Waals surface area contributed by atoms with Gasteiger partial charge in [0.15, 0.2) is 0 Å². The summed E-state index contributed by atoms with van der Waals surface area (Å²) in [5.41, 5.74) is 7.03. The third kappa shape index (κ3) is 6.19. The number of piperazine rings is 1. The van der Waals surface area contributed by atoms with Crippen molar-refractivity contribution in [3.63, 3.8) is 0 Å². The molecule has 1 fully saturated rings. The highest BCUT2D eigenvalue weighted by molar-refractivity contribution is 5.50. The second-order valence-corrected chi connectivity index (χ2v) is 10.6. The first-order valence-electron chi connectivity index (χ1n) is 14.0. The molecule has 5 rings (SSSR count). The summed E-state index contributed by atoms with van der Waals surface area (Å²) in [6, 6.07) is 18.7. The van der Waals surface area contributed by atoms with E-state index in [1.165, 1.54) is 16.7 Å². The Kier molecular flexibility index (Phi) is 8.94. The van der Waals surface area contributed by atoms with Gasteiger partial charge in [-0.25, -0.2) is 18.0 Å². The fraction of sp³-hybridized carbons (Fsp3) is 0.312. The molecule has 0 amide bonds. The third-order valence-electron chi connectivity index (χ3n) is 7.99. The summed E-state index contributed by atoms with van der Waals surface area (Å²) >= 11 is 0. The number of anilines is 1. The maximum Gasteiger partial charge on any atom is 0.331 e. The van der Waals surface area contributed by atoms with Crippen LogP contribution in [0.4, 0.5) is 18.9 Å². The largest absolute Gasteiger partial charge is 0.363 e. The van der Waals surface area contributed by atoms with Gasteiger partial charge < -0.3 is 10.6 Å². The predicted octanol–water partition coefficient (Wildman–Crippen LogP) is 3.85. The molecule has 2 N–H and O–H groups in total. The number of rotatable bonds is 9. The highest BCUT2D eigenvalue weighted by Gasteiger charge is 2.26. The van der Waals surface area contributed by atoms with E-state index < -0.39 is 28.9 Å². The van der Waals surface area contributed by atoms with Crippen LogP contribution in [0.3, 0.4) is 0 Å². The molecule has 3 aromatic carbocycles. The summed E-state index contributed by atoms with van der Waals surface area (Å²) in [7, 11) is 0. The fourth-order valence-electron chi connectivity index (χ4n) is 5.52. The van der Waals surface area contributed by atoms with Gasteiger partial charge >= 0.3 is 5.69 Å². The van der Waals surface area contributed by atoms with E-state index >= 15 is 0 Å². The van der Waals surface area contributed by atoms with Crippen LogP contribution in [0.15, 0.2) is 82.4 Å². The first kappa shape index (κ1) is 29.3. The van der Waals surface area contributed by atoms with Crippen LogP contribution in [0.5, 0.6) is 0 Å². The molecule has 220 valence electrons. The van der Waals surface area contributed by atoms with Crippen molar-refractivity contribution < 1.29 is 13.2 Å². The van der Waals surface area contributed by atoms with Gasteiger partial charge in [-0.1, -0.05) is 54.6 Å². The lowest BCUT2D eigenvalue weighted by Crippen LogP contribution is -2.52. The first-order chi connectivity index (χ1) is 20.2.